The maximum absolute atomic E-state index is 11.2. The van der Waals surface area contributed by atoms with E-state index in [1.54, 1.807) is 6.07 Å². The van der Waals surface area contributed by atoms with Crippen molar-refractivity contribution in [1.29, 1.82) is 0 Å². The highest BCUT2D eigenvalue weighted by molar-refractivity contribution is 5.94. The molecule has 5 nitrogen and oxygen atoms in total. The van der Waals surface area contributed by atoms with Gasteiger partial charge < -0.3 is 14.7 Å². The quantitative estimate of drug-likeness (QED) is 0.751. The molecular formula is C13H20N2O3. The van der Waals surface area contributed by atoms with Crippen molar-refractivity contribution >= 4 is 11.7 Å². The van der Waals surface area contributed by atoms with Gasteiger partial charge in [-0.05, 0) is 26.8 Å². The van der Waals surface area contributed by atoms with E-state index >= 15 is 0 Å². The topological polar surface area (TPSA) is 62.7 Å². The van der Waals surface area contributed by atoms with Crippen LogP contribution in [0.3, 0.4) is 0 Å². The first-order chi connectivity index (χ1) is 8.60. The number of carbonyl (C=O) groups is 1. The van der Waals surface area contributed by atoms with E-state index in [0.29, 0.717) is 25.4 Å². The normalized spacial score (nSPS) is 10.4. The third-order valence-corrected chi connectivity index (χ3v) is 2.68. The lowest BCUT2D eigenvalue weighted by atomic mass is 10.2. The first kappa shape index (κ1) is 14.4. The van der Waals surface area contributed by atoms with Crippen LogP contribution in [0, 0.1) is 6.92 Å². The second kappa shape index (κ2) is 6.96. The predicted octanol–water partition coefficient (Wildman–Crippen LogP) is 1.95. The van der Waals surface area contributed by atoms with Gasteiger partial charge in [-0.15, -0.1) is 0 Å². The van der Waals surface area contributed by atoms with Crippen molar-refractivity contribution in [2.45, 2.75) is 20.8 Å². The van der Waals surface area contributed by atoms with Gasteiger partial charge in [-0.25, -0.2) is 4.79 Å². The van der Waals surface area contributed by atoms with Crippen LogP contribution in [0.1, 0.15) is 29.9 Å². The summed E-state index contributed by atoms with van der Waals surface area (Å²) in [6, 6.07) is 1.80. The van der Waals surface area contributed by atoms with Gasteiger partial charge >= 0.3 is 5.97 Å². The number of ether oxygens (including phenoxy) is 1. The van der Waals surface area contributed by atoms with E-state index < -0.39 is 5.97 Å². The summed E-state index contributed by atoms with van der Waals surface area (Å²) in [6.07, 6.45) is 1.41. The van der Waals surface area contributed by atoms with E-state index in [0.717, 1.165) is 12.2 Å². The van der Waals surface area contributed by atoms with E-state index in [2.05, 4.69) is 4.98 Å². The van der Waals surface area contributed by atoms with Crippen LogP contribution >= 0.6 is 0 Å². The summed E-state index contributed by atoms with van der Waals surface area (Å²) >= 11 is 0. The van der Waals surface area contributed by atoms with Gasteiger partial charge in [-0.2, -0.15) is 0 Å². The highest BCUT2D eigenvalue weighted by atomic mass is 16.5. The van der Waals surface area contributed by atoms with Gasteiger partial charge in [0.25, 0.3) is 0 Å². The molecule has 0 aliphatic heterocycles. The Kier molecular flexibility index (Phi) is 5.58. The number of rotatable bonds is 7. The van der Waals surface area contributed by atoms with Gasteiger partial charge in [0, 0.05) is 31.6 Å². The van der Waals surface area contributed by atoms with Crippen molar-refractivity contribution in [2.75, 3.05) is 31.2 Å². The molecule has 0 aliphatic rings. The number of anilines is 1. The molecule has 1 rings (SSSR count). The number of nitrogens with zero attached hydrogens (tertiary/aromatic N) is 2. The Morgan fingerprint density at radius 3 is 2.78 bits per heavy atom. The Morgan fingerprint density at radius 2 is 2.22 bits per heavy atom. The third-order valence-electron chi connectivity index (χ3n) is 2.68. The zero-order chi connectivity index (χ0) is 13.5. The molecule has 1 aromatic heterocycles. The number of hydrogen-bond acceptors (Lipinski definition) is 4. The fourth-order valence-electron chi connectivity index (χ4n) is 1.74. The molecule has 0 atom stereocenters. The van der Waals surface area contributed by atoms with Gasteiger partial charge in [0.2, 0.25) is 0 Å². The van der Waals surface area contributed by atoms with E-state index in [1.165, 1.54) is 6.20 Å². The van der Waals surface area contributed by atoms with E-state index in [1.807, 2.05) is 25.7 Å². The molecule has 1 N–H and O–H groups in total. The van der Waals surface area contributed by atoms with Crippen LogP contribution in [0.2, 0.25) is 0 Å². The molecule has 0 spiro atoms. The number of likely N-dealkylation sites (N-methyl/N-ethyl adjacent to an activating group) is 1. The van der Waals surface area contributed by atoms with Crippen LogP contribution in [-0.2, 0) is 4.74 Å². The smallest absolute Gasteiger partial charge is 0.339 e. The van der Waals surface area contributed by atoms with Gasteiger partial charge in [-0.1, -0.05) is 0 Å². The highest BCUT2D eigenvalue weighted by Gasteiger charge is 2.15. The fourth-order valence-corrected chi connectivity index (χ4v) is 1.74. The molecule has 5 heteroatoms. The Bertz CT molecular complexity index is 407. The largest absolute Gasteiger partial charge is 0.478 e. The third kappa shape index (κ3) is 3.70. The molecule has 0 radical (unpaired) electrons. The molecule has 18 heavy (non-hydrogen) atoms. The summed E-state index contributed by atoms with van der Waals surface area (Å²) in [7, 11) is 0. The number of aryl methyl sites for hydroxylation is 1. The number of hydrogen-bond donors (Lipinski definition) is 1. The molecule has 0 saturated heterocycles. The van der Waals surface area contributed by atoms with Crippen molar-refractivity contribution in [1.82, 2.24) is 4.98 Å². The van der Waals surface area contributed by atoms with Crippen LogP contribution in [0.25, 0.3) is 0 Å². The first-order valence-corrected chi connectivity index (χ1v) is 6.12. The van der Waals surface area contributed by atoms with Crippen molar-refractivity contribution in [3.63, 3.8) is 0 Å². The Hall–Kier alpha value is -1.62. The lowest BCUT2D eigenvalue weighted by Crippen LogP contribution is -2.29. The number of pyridine rings is 1. The monoisotopic (exact) mass is 252 g/mol. The highest BCUT2D eigenvalue weighted by Crippen LogP contribution is 2.20. The fraction of sp³-hybridized carbons (Fsp3) is 0.538. The van der Waals surface area contributed by atoms with Crippen LogP contribution in [-0.4, -0.2) is 42.4 Å². The molecule has 1 aromatic rings. The SMILES string of the molecule is CCOCCN(CC)c1cc(C)ncc1C(=O)O. The molecule has 100 valence electrons. The van der Waals surface area contributed by atoms with E-state index in [4.69, 9.17) is 4.74 Å². The summed E-state index contributed by atoms with van der Waals surface area (Å²) in [4.78, 5) is 17.2. The van der Waals surface area contributed by atoms with Crippen molar-refractivity contribution in [3.05, 3.63) is 23.5 Å². The summed E-state index contributed by atoms with van der Waals surface area (Å²) < 4.78 is 5.31. The van der Waals surface area contributed by atoms with Gasteiger partial charge in [0.05, 0.1) is 12.3 Å². The standard InChI is InChI=1S/C13H20N2O3/c1-4-15(6-7-18-5-2)12-8-10(3)14-9-11(12)13(16)17/h8-9H,4-7H2,1-3H3,(H,16,17). The number of aromatic carboxylic acids is 1. The molecule has 0 aromatic carbocycles. The zero-order valence-corrected chi connectivity index (χ0v) is 11.1. The second-order valence-electron chi connectivity index (χ2n) is 3.92. The molecule has 0 amide bonds. The first-order valence-electron chi connectivity index (χ1n) is 6.12. The van der Waals surface area contributed by atoms with Crippen LogP contribution in [0.4, 0.5) is 5.69 Å². The van der Waals surface area contributed by atoms with Crippen LogP contribution in [0.5, 0.6) is 0 Å². The average Bonchev–Trinajstić information content (AvgIpc) is 2.34. The van der Waals surface area contributed by atoms with Crippen LogP contribution < -0.4 is 4.90 Å². The molecule has 1 heterocycles. The average molecular weight is 252 g/mol. The number of carboxylic acid groups (broad SMARTS) is 1. The van der Waals surface area contributed by atoms with Gasteiger partial charge in [-0.3, -0.25) is 4.98 Å². The van der Waals surface area contributed by atoms with Crippen molar-refractivity contribution in [3.8, 4) is 0 Å². The van der Waals surface area contributed by atoms with E-state index in [9.17, 15) is 9.90 Å². The van der Waals surface area contributed by atoms with Crippen LogP contribution in [0.15, 0.2) is 12.3 Å². The Morgan fingerprint density at radius 1 is 1.50 bits per heavy atom. The summed E-state index contributed by atoms with van der Waals surface area (Å²) in [5.74, 6) is -0.952. The lowest BCUT2D eigenvalue weighted by molar-refractivity contribution is 0.0697. The lowest BCUT2D eigenvalue weighted by Gasteiger charge is -2.24. The molecule has 0 unspecified atom stereocenters. The minimum Gasteiger partial charge on any atom is -0.478 e. The Labute approximate surface area is 107 Å². The number of aromatic nitrogens is 1. The number of carboxylic acids is 1. The van der Waals surface area contributed by atoms with E-state index in [-0.39, 0.29) is 5.56 Å². The summed E-state index contributed by atoms with van der Waals surface area (Å²) in [5, 5.41) is 9.17. The van der Waals surface area contributed by atoms with Gasteiger partial charge in [0.1, 0.15) is 5.56 Å². The molecular weight excluding hydrogens is 232 g/mol. The maximum atomic E-state index is 11.2. The van der Waals surface area contributed by atoms with Crippen molar-refractivity contribution in [2.24, 2.45) is 0 Å². The second-order valence-corrected chi connectivity index (χ2v) is 3.92. The molecule has 0 bridgehead atoms. The van der Waals surface area contributed by atoms with Crippen molar-refractivity contribution < 1.29 is 14.6 Å². The molecule has 0 fully saturated rings. The summed E-state index contributed by atoms with van der Waals surface area (Å²) in [5.41, 5.74) is 1.75. The minimum absolute atomic E-state index is 0.235. The molecule has 0 saturated carbocycles. The Balaban J connectivity index is 2.95. The molecule has 0 aliphatic carbocycles. The predicted molar refractivity (Wildman–Crippen MR) is 70.3 cm³/mol. The maximum Gasteiger partial charge on any atom is 0.339 e. The minimum atomic E-state index is -0.952. The van der Waals surface area contributed by atoms with Gasteiger partial charge in [0.15, 0.2) is 0 Å². The summed E-state index contributed by atoms with van der Waals surface area (Å²) in [6.45, 7) is 8.45. The zero-order valence-electron chi connectivity index (χ0n) is 11.1.